The Hall–Kier alpha value is -1.23. The molecular formula is C20H32F3IN4O. The molecule has 1 heterocycles. The predicted octanol–water partition coefficient (Wildman–Crippen LogP) is 4.03. The standard InChI is InChI=1S/C20H31F3N4O.HI/c1-3-24-19(25-11-8-16-9-12-27(2)13-10-16)26-14-17-4-6-18(7-5-17)28-15-20(21,22)23;/h4-7,16H,3,8-15H2,1-2H3,(H2,24,25,26);1H. The third kappa shape index (κ3) is 10.9. The lowest BCUT2D eigenvalue weighted by molar-refractivity contribution is -0.153. The number of rotatable bonds is 8. The normalized spacial score (nSPS) is 16.2. The summed E-state index contributed by atoms with van der Waals surface area (Å²) in [6.07, 6.45) is -0.713. The second-order valence-corrected chi connectivity index (χ2v) is 7.21. The molecule has 1 aromatic carbocycles. The summed E-state index contributed by atoms with van der Waals surface area (Å²) in [5.74, 6) is 1.72. The molecule has 0 radical (unpaired) electrons. The highest BCUT2D eigenvalue weighted by Crippen LogP contribution is 2.20. The molecule has 0 spiro atoms. The Labute approximate surface area is 188 Å². The first-order chi connectivity index (χ1) is 13.4. The summed E-state index contributed by atoms with van der Waals surface area (Å²) < 4.78 is 41.3. The van der Waals surface area contributed by atoms with Crippen LogP contribution in [-0.2, 0) is 6.54 Å². The maximum Gasteiger partial charge on any atom is 0.422 e. The minimum Gasteiger partial charge on any atom is -0.484 e. The van der Waals surface area contributed by atoms with E-state index < -0.39 is 12.8 Å². The van der Waals surface area contributed by atoms with Crippen LogP contribution in [0.25, 0.3) is 0 Å². The summed E-state index contributed by atoms with van der Waals surface area (Å²) in [7, 11) is 2.17. The van der Waals surface area contributed by atoms with E-state index in [-0.39, 0.29) is 29.7 Å². The predicted molar refractivity (Wildman–Crippen MR) is 121 cm³/mol. The number of nitrogens with one attached hydrogen (secondary N) is 2. The van der Waals surface area contributed by atoms with Gasteiger partial charge in [-0.25, -0.2) is 4.99 Å². The van der Waals surface area contributed by atoms with Gasteiger partial charge in [0.1, 0.15) is 5.75 Å². The topological polar surface area (TPSA) is 48.9 Å². The number of likely N-dealkylation sites (tertiary alicyclic amines) is 1. The molecule has 0 unspecified atom stereocenters. The summed E-state index contributed by atoms with van der Waals surface area (Å²) in [6.45, 7) is 5.16. The molecule has 0 amide bonds. The van der Waals surface area contributed by atoms with Gasteiger partial charge in [0, 0.05) is 13.1 Å². The molecule has 0 bridgehead atoms. The van der Waals surface area contributed by atoms with Crippen molar-refractivity contribution in [2.24, 2.45) is 10.9 Å². The fourth-order valence-corrected chi connectivity index (χ4v) is 3.11. The van der Waals surface area contributed by atoms with Crippen molar-refractivity contribution in [3.63, 3.8) is 0 Å². The summed E-state index contributed by atoms with van der Waals surface area (Å²) in [4.78, 5) is 6.93. The molecule has 0 atom stereocenters. The van der Waals surface area contributed by atoms with Gasteiger partial charge < -0.3 is 20.3 Å². The maximum atomic E-state index is 12.2. The third-order valence-electron chi connectivity index (χ3n) is 4.77. The van der Waals surface area contributed by atoms with Gasteiger partial charge in [-0.3, -0.25) is 0 Å². The van der Waals surface area contributed by atoms with Crippen LogP contribution < -0.4 is 15.4 Å². The van der Waals surface area contributed by atoms with Gasteiger partial charge in [0.2, 0.25) is 0 Å². The number of guanidine groups is 1. The van der Waals surface area contributed by atoms with Crippen molar-refractivity contribution in [1.29, 1.82) is 0 Å². The zero-order valence-electron chi connectivity index (χ0n) is 17.1. The number of halogens is 4. The SMILES string of the molecule is CCNC(=NCc1ccc(OCC(F)(F)F)cc1)NCCC1CCN(C)CC1.I. The van der Waals surface area contributed by atoms with Crippen LogP contribution in [0.5, 0.6) is 5.75 Å². The van der Waals surface area contributed by atoms with E-state index in [2.05, 4.69) is 27.6 Å². The maximum absolute atomic E-state index is 12.2. The van der Waals surface area contributed by atoms with Crippen molar-refractivity contribution in [2.45, 2.75) is 38.9 Å². The summed E-state index contributed by atoms with van der Waals surface area (Å²) in [6, 6.07) is 6.54. The van der Waals surface area contributed by atoms with Gasteiger partial charge in [0.05, 0.1) is 6.54 Å². The van der Waals surface area contributed by atoms with Crippen molar-refractivity contribution >= 4 is 29.9 Å². The molecule has 1 aromatic rings. The molecule has 5 nitrogen and oxygen atoms in total. The van der Waals surface area contributed by atoms with E-state index in [9.17, 15) is 13.2 Å². The number of hydrogen-bond donors (Lipinski definition) is 2. The smallest absolute Gasteiger partial charge is 0.422 e. The molecule has 166 valence electrons. The van der Waals surface area contributed by atoms with Crippen LogP contribution in [0.3, 0.4) is 0 Å². The molecule has 9 heteroatoms. The zero-order chi connectivity index (χ0) is 20.4. The molecule has 29 heavy (non-hydrogen) atoms. The van der Waals surface area contributed by atoms with Crippen molar-refractivity contribution in [1.82, 2.24) is 15.5 Å². The molecule has 1 saturated heterocycles. The average Bonchev–Trinajstić information content (AvgIpc) is 2.66. The molecule has 1 aliphatic rings. The Morgan fingerprint density at radius 3 is 2.41 bits per heavy atom. The van der Waals surface area contributed by atoms with Crippen molar-refractivity contribution in [3.8, 4) is 5.75 Å². The van der Waals surface area contributed by atoms with E-state index in [4.69, 9.17) is 4.74 Å². The molecule has 0 saturated carbocycles. The van der Waals surface area contributed by atoms with Gasteiger partial charge in [0.15, 0.2) is 12.6 Å². The first-order valence-corrected chi connectivity index (χ1v) is 9.85. The Morgan fingerprint density at radius 2 is 1.83 bits per heavy atom. The van der Waals surface area contributed by atoms with E-state index in [1.165, 1.54) is 38.1 Å². The molecule has 0 aromatic heterocycles. The van der Waals surface area contributed by atoms with Crippen LogP contribution in [0.2, 0.25) is 0 Å². The van der Waals surface area contributed by atoms with E-state index >= 15 is 0 Å². The largest absolute Gasteiger partial charge is 0.484 e. The van der Waals surface area contributed by atoms with Crippen LogP contribution >= 0.6 is 24.0 Å². The second-order valence-electron chi connectivity index (χ2n) is 7.21. The van der Waals surface area contributed by atoms with Gasteiger partial charge in [-0.2, -0.15) is 13.2 Å². The minimum absolute atomic E-state index is 0. The highest BCUT2D eigenvalue weighted by Gasteiger charge is 2.28. The first-order valence-electron chi connectivity index (χ1n) is 9.85. The van der Waals surface area contributed by atoms with Crippen LogP contribution in [0.4, 0.5) is 13.2 Å². The van der Waals surface area contributed by atoms with Gasteiger partial charge in [0.25, 0.3) is 0 Å². The third-order valence-corrected chi connectivity index (χ3v) is 4.77. The van der Waals surface area contributed by atoms with E-state index in [1.807, 2.05) is 6.92 Å². The fraction of sp³-hybridized carbons (Fsp3) is 0.650. The lowest BCUT2D eigenvalue weighted by atomic mass is 9.94. The molecule has 1 fully saturated rings. The van der Waals surface area contributed by atoms with Gasteiger partial charge in [-0.05, 0) is 69.9 Å². The van der Waals surface area contributed by atoms with Crippen molar-refractivity contribution in [3.05, 3.63) is 29.8 Å². The van der Waals surface area contributed by atoms with Gasteiger partial charge in [-0.15, -0.1) is 24.0 Å². The molecule has 2 rings (SSSR count). The lowest BCUT2D eigenvalue weighted by Crippen LogP contribution is -2.39. The summed E-state index contributed by atoms with van der Waals surface area (Å²) in [5, 5.41) is 6.60. The number of nitrogens with zero attached hydrogens (tertiary/aromatic N) is 2. The van der Waals surface area contributed by atoms with Crippen LogP contribution in [0.15, 0.2) is 29.3 Å². The fourth-order valence-electron chi connectivity index (χ4n) is 3.11. The van der Waals surface area contributed by atoms with Gasteiger partial charge in [-0.1, -0.05) is 12.1 Å². The monoisotopic (exact) mass is 528 g/mol. The zero-order valence-corrected chi connectivity index (χ0v) is 19.4. The van der Waals surface area contributed by atoms with E-state index in [0.29, 0.717) is 6.54 Å². The van der Waals surface area contributed by atoms with E-state index in [0.717, 1.165) is 37.0 Å². The van der Waals surface area contributed by atoms with E-state index in [1.54, 1.807) is 12.1 Å². The number of benzene rings is 1. The number of ether oxygens (including phenoxy) is 1. The van der Waals surface area contributed by atoms with Crippen LogP contribution in [-0.4, -0.2) is 56.9 Å². The molecular weight excluding hydrogens is 496 g/mol. The number of hydrogen-bond acceptors (Lipinski definition) is 3. The molecule has 2 N–H and O–H groups in total. The molecule has 0 aliphatic carbocycles. The number of alkyl halides is 3. The quantitative estimate of drug-likeness (QED) is 0.304. The summed E-state index contributed by atoms with van der Waals surface area (Å²) >= 11 is 0. The lowest BCUT2D eigenvalue weighted by Gasteiger charge is -2.29. The van der Waals surface area contributed by atoms with Crippen LogP contribution in [0.1, 0.15) is 31.7 Å². The second kappa shape index (κ2) is 13.1. The Kier molecular flexibility index (Phi) is 11.7. The first kappa shape index (κ1) is 25.8. The Bertz CT molecular complexity index is 603. The number of piperidine rings is 1. The Morgan fingerprint density at radius 1 is 1.17 bits per heavy atom. The highest BCUT2D eigenvalue weighted by molar-refractivity contribution is 14.0. The summed E-state index contributed by atoms with van der Waals surface area (Å²) in [5.41, 5.74) is 0.909. The highest BCUT2D eigenvalue weighted by atomic mass is 127. The number of aliphatic imine (C=N–C) groups is 1. The van der Waals surface area contributed by atoms with Crippen molar-refractivity contribution in [2.75, 3.05) is 39.8 Å². The van der Waals surface area contributed by atoms with Crippen LogP contribution in [0, 0.1) is 5.92 Å². The minimum atomic E-state index is -4.33. The van der Waals surface area contributed by atoms with Crippen molar-refractivity contribution < 1.29 is 17.9 Å². The van der Waals surface area contributed by atoms with Gasteiger partial charge >= 0.3 is 6.18 Å². The molecule has 1 aliphatic heterocycles. The Balaban J connectivity index is 0.00000420. The average molecular weight is 528 g/mol.